The number of hydrogen-bond donors (Lipinski definition) is 0. The highest BCUT2D eigenvalue weighted by molar-refractivity contribution is 6.29. The van der Waals surface area contributed by atoms with Gasteiger partial charge in [-0.2, -0.15) is 0 Å². The Bertz CT molecular complexity index is 2840. The first-order valence-corrected chi connectivity index (χ1v) is 18.1. The van der Waals surface area contributed by atoms with Gasteiger partial charge < -0.3 is 4.42 Å². The smallest absolute Gasteiger partial charge is 0.136 e. The summed E-state index contributed by atoms with van der Waals surface area (Å²) in [5, 5.41) is 10.3. The van der Waals surface area contributed by atoms with Crippen molar-refractivity contribution >= 4 is 54.3 Å². The first-order valence-electron chi connectivity index (χ1n) is 18.1. The van der Waals surface area contributed by atoms with Gasteiger partial charge in [0.15, 0.2) is 0 Å². The maximum absolute atomic E-state index is 6.52. The monoisotopic (exact) mass is 658 g/mol. The minimum atomic E-state index is 0.926. The number of fused-ring (bicyclic) bond motifs is 6. The Morgan fingerprint density at radius 3 is 1.47 bits per heavy atom. The molecular weight excluding hydrogens is 617 g/mol. The van der Waals surface area contributed by atoms with E-state index in [0.29, 0.717) is 0 Å². The van der Waals surface area contributed by atoms with Gasteiger partial charge in [0.05, 0.1) is 0 Å². The molecule has 0 spiro atoms. The van der Waals surface area contributed by atoms with E-state index in [-0.39, 0.29) is 0 Å². The lowest BCUT2D eigenvalue weighted by atomic mass is 9.76. The Hall–Kier alpha value is -5.66. The van der Waals surface area contributed by atoms with Crippen molar-refractivity contribution in [1.29, 1.82) is 0 Å². The van der Waals surface area contributed by atoms with Gasteiger partial charge in [-0.15, -0.1) is 0 Å². The van der Waals surface area contributed by atoms with E-state index in [0.717, 1.165) is 16.6 Å². The molecule has 0 aliphatic rings. The molecule has 8 aromatic carbocycles. The number of hydrogen-bond acceptors (Lipinski definition) is 1. The molecule has 0 N–H and O–H groups in total. The van der Waals surface area contributed by atoms with Crippen LogP contribution in [-0.2, 0) is 0 Å². The Morgan fingerprint density at radius 2 is 0.843 bits per heavy atom. The van der Waals surface area contributed by atoms with Crippen LogP contribution < -0.4 is 0 Å². The van der Waals surface area contributed by atoms with E-state index < -0.39 is 0 Å². The number of aryl methyl sites for hydroxylation is 4. The molecule has 0 bridgehead atoms. The van der Waals surface area contributed by atoms with Crippen LogP contribution in [0.25, 0.3) is 87.6 Å². The molecule has 0 radical (unpaired) electrons. The summed E-state index contributed by atoms with van der Waals surface area (Å²) in [4.78, 5) is 0. The Morgan fingerprint density at radius 1 is 0.333 bits per heavy atom. The predicted octanol–water partition coefficient (Wildman–Crippen LogP) is 14.5. The van der Waals surface area contributed by atoms with Gasteiger partial charge in [-0.05, 0) is 190 Å². The predicted molar refractivity (Wildman–Crippen MR) is 220 cm³/mol. The fraction of sp³-hybridized carbons (Fsp3) is 0.160. The van der Waals surface area contributed by atoms with Gasteiger partial charge in [0.25, 0.3) is 0 Å². The third kappa shape index (κ3) is 4.40. The summed E-state index contributed by atoms with van der Waals surface area (Å²) in [6.07, 6.45) is 0. The highest BCUT2D eigenvalue weighted by Crippen LogP contribution is 2.53. The number of rotatable bonds is 3. The fourth-order valence-electron chi connectivity index (χ4n) is 8.98. The van der Waals surface area contributed by atoms with Crippen LogP contribution in [0.15, 0.2) is 114 Å². The lowest BCUT2D eigenvalue weighted by Crippen LogP contribution is -2.04. The molecule has 0 fully saturated rings. The molecule has 9 aromatic rings. The summed E-state index contributed by atoms with van der Waals surface area (Å²) in [5.41, 5.74) is 20.3. The van der Waals surface area contributed by atoms with Crippen LogP contribution in [0.2, 0.25) is 0 Å². The largest absolute Gasteiger partial charge is 0.456 e. The third-order valence-corrected chi connectivity index (χ3v) is 12.3. The van der Waals surface area contributed by atoms with Crippen molar-refractivity contribution < 1.29 is 4.42 Å². The molecule has 1 nitrogen and oxygen atoms in total. The second kappa shape index (κ2) is 11.4. The van der Waals surface area contributed by atoms with Gasteiger partial charge in [0, 0.05) is 10.8 Å². The zero-order valence-electron chi connectivity index (χ0n) is 30.8. The van der Waals surface area contributed by atoms with Crippen molar-refractivity contribution in [2.75, 3.05) is 0 Å². The van der Waals surface area contributed by atoms with Gasteiger partial charge >= 0.3 is 0 Å². The van der Waals surface area contributed by atoms with Crippen LogP contribution in [0.3, 0.4) is 0 Å². The third-order valence-electron chi connectivity index (χ3n) is 12.3. The SMILES string of the molecule is Cc1c(C)c(C)c2c(-c3cccc4oc5ccccc5c34)c3c(C)c(C)c(C)c(C)c3c(-c3cc(-c4ccccc4)c4ccccc4c3)c2c1C. The molecule has 0 atom stereocenters. The summed E-state index contributed by atoms with van der Waals surface area (Å²) in [7, 11) is 0. The zero-order valence-corrected chi connectivity index (χ0v) is 30.8. The van der Waals surface area contributed by atoms with E-state index in [1.807, 2.05) is 0 Å². The maximum Gasteiger partial charge on any atom is 0.136 e. The van der Waals surface area contributed by atoms with Crippen molar-refractivity contribution in [3.05, 3.63) is 154 Å². The van der Waals surface area contributed by atoms with E-state index in [9.17, 15) is 0 Å². The lowest BCUT2D eigenvalue weighted by Gasteiger charge is -2.27. The second-order valence-corrected chi connectivity index (χ2v) is 14.6. The van der Waals surface area contributed by atoms with Gasteiger partial charge in [-0.25, -0.2) is 0 Å². The molecule has 1 heteroatoms. The molecule has 0 saturated heterocycles. The number of furan rings is 1. The molecule has 0 aliphatic carbocycles. The summed E-state index contributed by atoms with van der Waals surface area (Å²) >= 11 is 0. The summed E-state index contributed by atoms with van der Waals surface area (Å²) in [5.74, 6) is 0. The quantitative estimate of drug-likeness (QED) is 0.172. The average molecular weight is 659 g/mol. The highest BCUT2D eigenvalue weighted by atomic mass is 16.3. The summed E-state index contributed by atoms with van der Waals surface area (Å²) < 4.78 is 6.52. The van der Waals surface area contributed by atoms with Gasteiger partial charge in [0.2, 0.25) is 0 Å². The molecule has 0 saturated carbocycles. The van der Waals surface area contributed by atoms with E-state index in [1.54, 1.807) is 0 Å². The van der Waals surface area contributed by atoms with E-state index in [4.69, 9.17) is 4.42 Å². The maximum atomic E-state index is 6.52. The number of benzene rings is 8. The first kappa shape index (κ1) is 31.3. The topological polar surface area (TPSA) is 13.1 Å². The van der Waals surface area contributed by atoms with Gasteiger partial charge in [-0.1, -0.05) is 84.9 Å². The highest BCUT2D eigenvalue weighted by Gasteiger charge is 2.27. The second-order valence-electron chi connectivity index (χ2n) is 14.6. The number of para-hydroxylation sites is 1. The standard InChI is InChI=1S/C50H42O/c1-27-29(3)33(7)46-44(31(27)5)48(37-25-36-19-12-13-20-38(36)41(26-37)35-17-10-9-11-18-35)45-32(6)28(2)30(4)34(8)47(45)50(46)40-22-16-24-43-49(40)39-21-14-15-23-42(39)51-43/h9-26H,1-8H3. The Kier molecular flexibility index (Phi) is 7.03. The molecule has 0 amide bonds. The van der Waals surface area contributed by atoms with Crippen LogP contribution in [0, 0.1) is 55.4 Å². The molecule has 51 heavy (non-hydrogen) atoms. The fourth-order valence-corrected chi connectivity index (χ4v) is 8.98. The van der Waals surface area contributed by atoms with Crippen molar-refractivity contribution in [3.63, 3.8) is 0 Å². The normalized spacial score (nSPS) is 11.9. The molecule has 1 aromatic heterocycles. The molecule has 0 unspecified atom stereocenters. The van der Waals surface area contributed by atoms with Crippen LogP contribution in [0.4, 0.5) is 0 Å². The van der Waals surface area contributed by atoms with Crippen molar-refractivity contribution in [2.45, 2.75) is 55.4 Å². The van der Waals surface area contributed by atoms with Crippen LogP contribution in [0.1, 0.15) is 44.5 Å². The van der Waals surface area contributed by atoms with Gasteiger partial charge in [-0.3, -0.25) is 0 Å². The Labute approximate surface area is 300 Å². The van der Waals surface area contributed by atoms with Crippen molar-refractivity contribution in [1.82, 2.24) is 0 Å². The van der Waals surface area contributed by atoms with E-state index in [2.05, 4.69) is 165 Å². The lowest BCUT2D eigenvalue weighted by molar-refractivity contribution is 0.669. The van der Waals surface area contributed by atoms with Crippen LogP contribution >= 0.6 is 0 Å². The molecule has 248 valence electrons. The Balaban J connectivity index is 1.59. The van der Waals surface area contributed by atoms with Crippen molar-refractivity contribution in [3.8, 4) is 33.4 Å². The molecule has 1 heterocycles. The first-order chi connectivity index (χ1) is 24.7. The molecule has 0 aliphatic heterocycles. The van der Waals surface area contributed by atoms with Crippen LogP contribution in [-0.4, -0.2) is 0 Å². The average Bonchev–Trinajstić information content (AvgIpc) is 3.55. The van der Waals surface area contributed by atoms with Crippen molar-refractivity contribution in [2.24, 2.45) is 0 Å². The van der Waals surface area contributed by atoms with E-state index in [1.165, 1.54) is 116 Å². The zero-order chi connectivity index (χ0) is 35.3. The minimum absolute atomic E-state index is 0.926. The van der Waals surface area contributed by atoms with E-state index >= 15 is 0 Å². The molecule has 9 rings (SSSR count). The summed E-state index contributed by atoms with van der Waals surface area (Å²) in [6, 6.07) is 39.8. The van der Waals surface area contributed by atoms with Gasteiger partial charge in [0.1, 0.15) is 11.2 Å². The minimum Gasteiger partial charge on any atom is -0.456 e. The molecular formula is C50H42O. The summed E-state index contributed by atoms with van der Waals surface area (Å²) in [6.45, 7) is 18.6. The van der Waals surface area contributed by atoms with Crippen LogP contribution in [0.5, 0.6) is 0 Å².